The third-order valence-corrected chi connectivity index (χ3v) is 2.67. The van der Waals surface area contributed by atoms with Crippen molar-refractivity contribution in [3.05, 3.63) is 64.3 Å². The van der Waals surface area contributed by atoms with Crippen molar-refractivity contribution in [1.29, 1.82) is 0 Å². The summed E-state index contributed by atoms with van der Waals surface area (Å²) in [6.45, 7) is 0. The molecule has 0 saturated carbocycles. The largest absolute Gasteiger partial charge is 0.497 e. The van der Waals surface area contributed by atoms with Crippen LogP contribution in [0.15, 0.2) is 47.6 Å². The molecule has 92 valence electrons. The second kappa shape index (κ2) is 5.40. The van der Waals surface area contributed by atoms with E-state index in [1.54, 1.807) is 7.11 Å². The monoisotopic (exact) mass is 245 g/mol. The molecule has 0 bridgehead atoms. The molecule has 0 aliphatic carbocycles. The van der Waals surface area contributed by atoms with Crippen LogP contribution in [0.3, 0.4) is 0 Å². The summed E-state index contributed by atoms with van der Waals surface area (Å²) >= 11 is 0. The Morgan fingerprint density at radius 2 is 2.06 bits per heavy atom. The Balaban J connectivity index is 2.32. The summed E-state index contributed by atoms with van der Waals surface area (Å²) in [6, 6.07) is 11.4. The van der Waals surface area contributed by atoms with Gasteiger partial charge in [-0.3, -0.25) is 0 Å². The van der Waals surface area contributed by atoms with E-state index in [1.165, 1.54) is 18.2 Å². The van der Waals surface area contributed by atoms with Crippen molar-refractivity contribution in [3.8, 4) is 5.75 Å². The molecule has 3 nitrogen and oxygen atoms in total. The van der Waals surface area contributed by atoms with E-state index < -0.39 is 0 Å². The van der Waals surface area contributed by atoms with Crippen LogP contribution in [0, 0.1) is 10.7 Å². The molecule has 2 aromatic rings. The summed E-state index contributed by atoms with van der Waals surface area (Å²) < 4.78 is 18.3. The zero-order chi connectivity index (χ0) is 13.0. The van der Waals surface area contributed by atoms with Crippen LogP contribution in [0.4, 0.5) is 10.1 Å². The van der Waals surface area contributed by atoms with Gasteiger partial charge in [0.15, 0.2) is 0 Å². The molecule has 0 amide bonds. The fourth-order valence-corrected chi connectivity index (χ4v) is 1.79. The summed E-state index contributed by atoms with van der Waals surface area (Å²) in [4.78, 5) is 10.7. The van der Waals surface area contributed by atoms with E-state index in [1.807, 2.05) is 24.3 Å². The Bertz CT molecular complexity index is 569. The molecule has 0 aromatic heterocycles. The Morgan fingerprint density at radius 1 is 1.22 bits per heavy atom. The normalized spacial score (nSPS) is 10.1. The summed E-state index contributed by atoms with van der Waals surface area (Å²) in [6.07, 6.45) is 0.441. The predicted molar refractivity (Wildman–Crippen MR) is 67.7 cm³/mol. The summed E-state index contributed by atoms with van der Waals surface area (Å²) in [5.74, 6) is 0.352. The Hall–Kier alpha value is -2.23. The van der Waals surface area contributed by atoms with Crippen LogP contribution in [0.1, 0.15) is 11.1 Å². The SMILES string of the molecule is COc1cccc(Cc2cc(F)ccc2N=O)c1. The van der Waals surface area contributed by atoms with Crippen LogP contribution in [-0.2, 0) is 6.42 Å². The van der Waals surface area contributed by atoms with Crippen LogP contribution in [0.5, 0.6) is 5.75 Å². The highest BCUT2D eigenvalue weighted by Crippen LogP contribution is 2.24. The lowest BCUT2D eigenvalue weighted by Gasteiger charge is -2.06. The van der Waals surface area contributed by atoms with Gasteiger partial charge in [-0.1, -0.05) is 12.1 Å². The number of hydrogen-bond acceptors (Lipinski definition) is 3. The third kappa shape index (κ3) is 2.71. The fourth-order valence-electron chi connectivity index (χ4n) is 1.79. The van der Waals surface area contributed by atoms with Crippen molar-refractivity contribution < 1.29 is 9.13 Å². The Kier molecular flexibility index (Phi) is 3.67. The maximum atomic E-state index is 13.2. The van der Waals surface area contributed by atoms with Gasteiger partial charge < -0.3 is 4.74 Å². The molecule has 2 rings (SSSR count). The third-order valence-electron chi connectivity index (χ3n) is 2.67. The number of benzene rings is 2. The molecule has 0 radical (unpaired) electrons. The van der Waals surface area contributed by atoms with Crippen LogP contribution >= 0.6 is 0 Å². The molecule has 0 fully saturated rings. The van der Waals surface area contributed by atoms with Crippen molar-refractivity contribution in [1.82, 2.24) is 0 Å². The Labute approximate surface area is 104 Å². The summed E-state index contributed by atoms with van der Waals surface area (Å²) in [5.41, 5.74) is 1.77. The first-order chi connectivity index (χ1) is 8.72. The first-order valence-corrected chi connectivity index (χ1v) is 5.47. The lowest BCUT2D eigenvalue weighted by atomic mass is 10.0. The van der Waals surface area contributed by atoms with Gasteiger partial charge in [0.25, 0.3) is 0 Å². The molecule has 18 heavy (non-hydrogen) atoms. The number of halogens is 1. The fraction of sp³-hybridized carbons (Fsp3) is 0.143. The lowest BCUT2D eigenvalue weighted by Crippen LogP contribution is -1.91. The van der Waals surface area contributed by atoms with Gasteiger partial charge in [0.05, 0.1) is 7.11 Å². The predicted octanol–water partition coefficient (Wildman–Crippen LogP) is 3.82. The van der Waals surface area contributed by atoms with Gasteiger partial charge in [0.1, 0.15) is 17.3 Å². The van der Waals surface area contributed by atoms with Gasteiger partial charge in [-0.15, -0.1) is 4.91 Å². The lowest BCUT2D eigenvalue weighted by molar-refractivity contribution is 0.414. The average molecular weight is 245 g/mol. The number of rotatable bonds is 4. The minimum atomic E-state index is -0.375. The topological polar surface area (TPSA) is 38.7 Å². The summed E-state index contributed by atoms with van der Waals surface area (Å²) in [5, 5.41) is 2.90. The second-order valence-electron chi connectivity index (χ2n) is 3.89. The minimum absolute atomic E-state index is 0.263. The standard InChI is InChI=1S/C14H12FNO2/c1-18-13-4-2-3-10(8-13)7-11-9-12(15)5-6-14(11)16-17/h2-6,8-9H,7H2,1H3. The molecule has 0 saturated heterocycles. The molecule has 0 N–H and O–H groups in total. The van der Waals surface area contributed by atoms with Gasteiger partial charge in [-0.25, -0.2) is 4.39 Å². The van der Waals surface area contributed by atoms with Gasteiger partial charge in [0, 0.05) is 0 Å². The van der Waals surface area contributed by atoms with E-state index in [0.717, 1.165) is 11.3 Å². The highest BCUT2D eigenvalue weighted by atomic mass is 19.1. The Morgan fingerprint density at radius 3 is 2.78 bits per heavy atom. The van der Waals surface area contributed by atoms with E-state index in [4.69, 9.17) is 4.74 Å². The summed E-state index contributed by atoms with van der Waals surface area (Å²) in [7, 11) is 1.58. The molecule has 4 heteroatoms. The maximum absolute atomic E-state index is 13.2. The van der Waals surface area contributed by atoms with E-state index in [0.29, 0.717) is 12.0 Å². The number of ether oxygens (including phenoxy) is 1. The molecule has 0 aliphatic rings. The highest BCUT2D eigenvalue weighted by molar-refractivity contribution is 5.48. The molecule has 0 unspecified atom stereocenters. The van der Waals surface area contributed by atoms with E-state index in [9.17, 15) is 9.30 Å². The molecule has 0 aliphatic heterocycles. The second-order valence-corrected chi connectivity index (χ2v) is 3.89. The number of methoxy groups -OCH3 is 1. The zero-order valence-electron chi connectivity index (χ0n) is 9.89. The van der Waals surface area contributed by atoms with Crippen LogP contribution in [-0.4, -0.2) is 7.11 Å². The van der Waals surface area contributed by atoms with Gasteiger partial charge in [0.2, 0.25) is 0 Å². The van der Waals surface area contributed by atoms with E-state index >= 15 is 0 Å². The molecule has 0 spiro atoms. The first kappa shape index (κ1) is 12.2. The quantitative estimate of drug-likeness (QED) is 0.768. The molecule has 0 atom stereocenters. The highest BCUT2D eigenvalue weighted by Gasteiger charge is 2.06. The first-order valence-electron chi connectivity index (χ1n) is 5.47. The van der Waals surface area contributed by atoms with E-state index in [2.05, 4.69) is 5.18 Å². The number of nitrogens with zero attached hydrogens (tertiary/aromatic N) is 1. The number of hydrogen-bond donors (Lipinski definition) is 0. The molecular weight excluding hydrogens is 233 g/mol. The van der Waals surface area contributed by atoms with Crippen molar-refractivity contribution in [2.45, 2.75) is 6.42 Å². The number of nitroso groups, excluding NO2 is 1. The maximum Gasteiger partial charge on any atom is 0.123 e. The van der Waals surface area contributed by atoms with Crippen molar-refractivity contribution in [2.24, 2.45) is 5.18 Å². The van der Waals surface area contributed by atoms with Crippen molar-refractivity contribution in [2.75, 3.05) is 7.11 Å². The van der Waals surface area contributed by atoms with Crippen molar-refractivity contribution in [3.63, 3.8) is 0 Å². The smallest absolute Gasteiger partial charge is 0.123 e. The van der Waals surface area contributed by atoms with Crippen LogP contribution in [0.2, 0.25) is 0 Å². The van der Waals surface area contributed by atoms with Crippen LogP contribution < -0.4 is 4.74 Å². The van der Waals surface area contributed by atoms with Gasteiger partial charge >= 0.3 is 0 Å². The minimum Gasteiger partial charge on any atom is -0.497 e. The van der Waals surface area contributed by atoms with Gasteiger partial charge in [-0.2, -0.15) is 0 Å². The van der Waals surface area contributed by atoms with Gasteiger partial charge in [-0.05, 0) is 53.1 Å². The van der Waals surface area contributed by atoms with E-state index in [-0.39, 0.29) is 11.5 Å². The molecular formula is C14H12FNO2. The average Bonchev–Trinajstić information content (AvgIpc) is 2.39. The molecule has 0 heterocycles. The van der Waals surface area contributed by atoms with Crippen LogP contribution in [0.25, 0.3) is 0 Å². The zero-order valence-corrected chi connectivity index (χ0v) is 9.89. The van der Waals surface area contributed by atoms with Crippen molar-refractivity contribution >= 4 is 5.69 Å². The molecule has 2 aromatic carbocycles.